The van der Waals surface area contributed by atoms with Crippen LogP contribution in [0.2, 0.25) is 0 Å². The van der Waals surface area contributed by atoms with E-state index in [1.807, 2.05) is 12.1 Å². The number of carbonyl (C=O) groups is 1. The molecule has 1 fully saturated rings. The number of carbonyl (C=O) groups excluding carboxylic acids is 1. The van der Waals surface area contributed by atoms with Crippen LogP contribution in [0, 0.1) is 0 Å². The van der Waals surface area contributed by atoms with Crippen molar-refractivity contribution in [2.45, 2.75) is 26.0 Å². The van der Waals surface area contributed by atoms with Crippen LogP contribution < -0.4 is 5.73 Å². The zero-order valence-corrected chi connectivity index (χ0v) is 12.1. The molecule has 0 amide bonds. The Balaban J connectivity index is 2.16. The fourth-order valence-electron chi connectivity index (χ4n) is 2.51. The summed E-state index contributed by atoms with van der Waals surface area (Å²) in [6, 6.07) is 5.53. The van der Waals surface area contributed by atoms with Crippen molar-refractivity contribution in [3.63, 3.8) is 0 Å². The average molecular weight is 278 g/mol. The lowest BCUT2D eigenvalue weighted by Crippen LogP contribution is -2.41. The van der Waals surface area contributed by atoms with E-state index in [-0.39, 0.29) is 12.1 Å². The van der Waals surface area contributed by atoms with E-state index in [0.29, 0.717) is 17.8 Å². The summed E-state index contributed by atoms with van der Waals surface area (Å²) in [4.78, 5) is 14.2. The second kappa shape index (κ2) is 6.72. The van der Waals surface area contributed by atoms with Gasteiger partial charge in [0.2, 0.25) is 0 Å². The first-order chi connectivity index (χ1) is 9.65. The zero-order chi connectivity index (χ0) is 14.5. The Bertz CT molecular complexity index is 476. The maximum Gasteiger partial charge on any atom is 0.340 e. The fourth-order valence-corrected chi connectivity index (χ4v) is 2.51. The number of anilines is 1. The zero-order valence-electron chi connectivity index (χ0n) is 12.1. The number of ether oxygens (including phenoxy) is 2. The van der Waals surface area contributed by atoms with Gasteiger partial charge in [0.05, 0.1) is 25.4 Å². The molecule has 1 aromatic carbocycles. The van der Waals surface area contributed by atoms with Crippen LogP contribution in [-0.4, -0.2) is 43.8 Å². The van der Waals surface area contributed by atoms with Crippen LogP contribution in [0.15, 0.2) is 18.2 Å². The molecule has 0 aromatic heterocycles. The summed E-state index contributed by atoms with van der Waals surface area (Å²) in [5.41, 5.74) is 7.77. The van der Waals surface area contributed by atoms with E-state index in [0.717, 1.165) is 31.7 Å². The lowest BCUT2D eigenvalue weighted by atomic mass is 10.0. The van der Waals surface area contributed by atoms with Crippen molar-refractivity contribution in [2.24, 2.45) is 0 Å². The number of hydrogen-bond acceptors (Lipinski definition) is 5. The molecule has 0 radical (unpaired) electrons. The Kier molecular flexibility index (Phi) is 4.98. The lowest BCUT2D eigenvalue weighted by molar-refractivity contribution is -0.0325. The molecule has 1 aromatic rings. The molecule has 0 saturated carbocycles. The molecular weight excluding hydrogens is 256 g/mol. The quantitative estimate of drug-likeness (QED) is 0.670. The van der Waals surface area contributed by atoms with Gasteiger partial charge in [-0.25, -0.2) is 4.79 Å². The van der Waals surface area contributed by atoms with Crippen molar-refractivity contribution < 1.29 is 14.3 Å². The highest BCUT2D eigenvalue weighted by Crippen LogP contribution is 2.21. The second-order valence-electron chi connectivity index (χ2n) is 5.01. The summed E-state index contributed by atoms with van der Waals surface area (Å²) < 4.78 is 10.5. The SMILES string of the molecule is CCC1CN(Cc2cccc(N)c2C(=O)OC)CCO1. The van der Waals surface area contributed by atoms with Crippen molar-refractivity contribution in [3.05, 3.63) is 29.3 Å². The Labute approximate surface area is 119 Å². The molecule has 1 aliphatic heterocycles. The molecule has 2 rings (SSSR count). The van der Waals surface area contributed by atoms with Gasteiger partial charge in [0.15, 0.2) is 0 Å². The van der Waals surface area contributed by atoms with Gasteiger partial charge in [-0.15, -0.1) is 0 Å². The minimum atomic E-state index is -0.376. The number of esters is 1. The molecular formula is C15H22N2O3. The molecule has 5 nitrogen and oxygen atoms in total. The van der Waals surface area contributed by atoms with Crippen LogP contribution >= 0.6 is 0 Å². The van der Waals surface area contributed by atoms with Gasteiger partial charge in [0.1, 0.15) is 0 Å². The third kappa shape index (κ3) is 3.29. The molecule has 1 saturated heterocycles. The number of nitrogen functional groups attached to an aromatic ring is 1. The Morgan fingerprint density at radius 3 is 3.05 bits per heavy atom. The lowest BCUT2D eigenvalue weighted by Gasteiger charge is -2.32. The van der Waals surface area contributed by atoms with Crippen molar-refractivity contribution in [2.75, 3.05) is 32.5 Å². The van der Waals surface area contributed by atoms with Gasteiger partial charge < -0.3 is 15.2 Å². The van der Waals surface area contributed by atoms with Gasteiger partial charge in [0.25, 0.3) is 0 Å². The number of rotatable bonds is 4. The van der Waals surface area contributed by atoms with Crippen molar-refractivity contribution in [1.82, 2.24) is 4.90 Å². The molecule has 2 N–H and O–H groups in total. The summed E-state index contributed by atoms with van der Waals surface area (Å²) in [6.07, 6.45) is 1.27. The van der Waals surface area contributed by atoms with E-state index in [1.54, 1.807) is 6.07 Å². The van der Waals surface area contributed by atoms with Crippen LogP contribution in [0.5, 0.6) is 0 Å². The summed E-state index contributed by atoms with van der Waals surface area (Å²) in [5.74, 6) is -0.376. The first kappa shape index (κ1) is 14.8. The van der Waals surface area contributed by atoms with E-state index < -0.39 is 0 Å². The van der Waals surface area contributed by atoms with Crippen LogP contribution in [0.25, 0.3) is 0 Å². The Morgan fingerprint density at radius 1 is 1.55 bits per heavy atom. The molecule has 1 atom stereocenters. The van der Waals surface area contributed by atoms with Crippen molar-refractivity contribution >= 4 is 11.7 Å². The highest BCUT2D eigenvalue weighted by atomic mass is 16.5. The third-order valence-electron chi connectivity index (χ3n) is 3.64. The minimum absolute atomic E-state index is 0.270. The third-order valence-corrected chi connectivity index (χ3v) is 3.64. The highest BCUT2D eigenvalue weighted by Gasteiger charge is 2.22. The van der Waals surface area contributed by atoms with Crippen molar-refractivity contribution in [3.8, 4) is 0 Å². The first-order valence-corrected chi connectivity index (χ1v) is 6.95. The molecule has 0 spiro atoms. The van der Waals surface area contributed by atoms with E-state index >= 15 is 0 Å². The Hall–Kier alpha value is -1.59. The van der Waals surface area contributed by atoms with E-state index in [2.05, 4.69) is 11.8 Å². The summed E-state index contributed by atoms with van der Waals surface area (Å²) in [6.45, 7) is 5.29. The normalized spacial score (nSPS) is 19.8. The number of nitrogens with two attached hydrogens (primary N) is 1. The van der Waals surface area contributed by atoms with E-state index in [1.165, 1.54) is 7.11 Å². The van der Waals surface area contributed by atoms with Gasteiger partial charge in [-0.05, 0) is 18.1 Å². The monoisotopic (exact) mass is 278 g/mol. The van der Waals surface area contributed by atoms with Gasteiger partial charge in [0, 0.05) is 25.3 Å². The smallest absolute Gasteiger partial charge is 0.340 e. The summed E-state index contributed by atoms with van der Waals surface area (Å²) in [5, 5.41) is 0. The largest absolute Gasteiger partial charge is 0.465 e. The molecule has 20 heavy (non-hydrogen) atoms. The molecule has 0 aliphatic carbocycles. The number of morpholine rings is 1. The van der Waals surface area contributed by atoms with E-state index in [9.17, 15) is 4.79 Å². The standard InChI is InChI=1S/C15H22N2O3/c1-3-12-10-17(7-8-20-12)9-11-5-4-6-13(16)14(11)15(18)19-2/h4-6,12H,3,7-10,16H2,1-2H3. The van der Waals surface area contributed by atoms with E-state index in [4.69, 9.17) is 15.2 Å². The predicted octanol–water partition coefficient (Wildman–Crippen LogP) is 1.67. The number of hydrogen-bond donors (Lipinski definition) is 1. The molecule has 0 bridgehead atoms. The maximum atomic E-state index is 11.9. The summed E-state index contributed by atoms with van der Waals surface area (Å²) >= 11 is 0. The molecule has 110 valence electrons. The molecule has 5 heteroatoms. The second-order valence-corrected chi connectivity index (χ2v) is 5.01. The predicted molar refractivity (Wildman–Crippen MR) is 77.5 cm³/mol. The fraction of sp³-hybridized carbons (Fsp3) is 0.533. The Morgan fingerprint density at radius 2 is 2.35 bits per heavy atom. The van der Waals surface area contributed by atoms with Gasteiger partial charge >= 0.3 is 5.97 Å². The molecule has 1 heterocycles. The first-order valence-electron chi connectivity index (χ1n) is 6.95. The van der Waals surface area contributed by atoms with Crippen LogP contribution in [0.1, 0.15) is 29.3 Å². The minimum Gasteiger partial charge on any atom is -0.465 e. The topological polar surface area (TPSA) is 64.8 Å². The van der Waals surface area contributed by atoms with Crippen LogP contribution in [0.3, 0.4) is 0 Å². The summed E-state index contributed by atoms with van der Waals surface area (Å²) in [7, 11) is 1.38. The van der Waals surface area contributed by atoms with Gasteiger partial charge in [-0.3, -0.25) is 4.90 Å². The van der Waals surface area contributed by atoms with Crippen molar-refractivity contribution in [1.29, 1.82) is 0 Å². The number of methoxy groups -OCH3 is 1. The maximum absolute atomic E-state index is 11.9. The highest BCUT2D eigenvalue weighted by molar-refractivity contribution is 5.96. The number of nitrogens with zero attached hydrogens (tertiary/aromatic N) is 1. The van der Waals surface area contributed by atoms with Crippen LogP contribution in [-0.2, 0) is 16.0 Å². The number of benzene rings is 1. The van der Waals surface area contributed by atoms with Gasteiger partial charge in [-0.1, -0.05) is 19.1 Å². The average Bonchev–Trinajstić information content (AvgIpc) is 2.47. The van der Waals surface area contributed by atoms with Crippen LogP contribution in [0.4, 0.5) is 5.69 Å². The molecule has 1 aliphatic rings. The molecule has 1 unspecified atom stereocenters. The van der Waals surface area contributed by atoms with Gasteiger partial charge in [-0.2, -0.15) is 0 Å².